The molecular weight excluding hydrogens is 242 g/mol. The minimum absolute atomic E-state index is 0.256. The molecule has 2 N–H and O–H groups in total. The Balaban J connectivity index is 1.93. The van der Waals surface area contributed by atoms with Crippen molar-refractivity contribution in [3.8, 4) is 0 Å². The quantitative estimate of drug-likeness (QED) is 0.853. The van der Waals surface area contributed by atoms with Crippen LogP contribution in [-0.2, 0) is 9.53 Å². The second-order valence-corrected chi connectivity index (χ2v) is 5.11. The lowest BCUT2D eigenvalue weighted by molar-refractivity contribution is -0.138. The van der Waals surface area contributed by atoms with Gasteiger partial charge in [0.2, 0.25) is 0 Å². The molecule has 1 saturated heterocycles. The number of carboxylic acids is 1. The lowest BCUT2D eigenvalue weighted by atomic mass is 9.97. The summed E-state index contributed by atoms with van der Waals surface area (Å²) >= 11 is 0. The summed E-state index contributed by atoms with van der Waals surface area (Å²) < 4.78 is 5.49. The van der Waals surface area contributed by atoms with Crippen LogP contribution < -0.4 is 5.32 Å². The predicted octanol–water partition coefficient (Wildman–Crippen LogP) is 2.01. The van der Waals surface area contributed by atoms with E-state index in [2.05, 4.69) is 12.2 Å². The number of ether oxygens (including phenoxy) is 1. The molecule has 0 aromatic heterocycles. The number of nitrogens with one attached hydrogen (secondary N) is 1. The summed E-state index contributed by atoms with van der Waals surface area (Å²) in [6.07, 6.45) is 2.15. The molecule has 4 nitrogen and oxygen atoms in total. The van der Waals surface area contributed by atoms with Crippen molar-refractivity contribution in [2.45, 2.75) is 37.8 Å². The third kappa shape index (κ3) is 4.04. The number of rotatable bonds is 5. The average molecular weight is 263 g/mol. The first-order chi connectivity index (χ1) is 9.16. The SMILES string of the molecule is CC1CC(NCC(C(=O)O)c2ccccc2)CCO1. The normalized spacial score (nSPS) is 24.9. The molecule has 19 heavy (non-hydrogen) atoms. The highest BCUT2D eigenvalue weighted by atomic mass is 16.5. The highest BCUT2D eigenvalue weighted by Crippen LogP contribution is 2.17. The van der Waals surface area contributed by atoms with Crippen LogP contribution in [0.15, 0.2) is 30.3 Å². The molecule has 3 unspecified atom stereocenters. The van der Waals surface area contributed by atoms with Gasteiger partial charge in [0.25, 0.3) is 0 Å². The highest BCUT2D eigenvalue weighted by molar-refractivity contribution is 5.76. The van der Waals surface area contributed by atoms with E-state index < -0.39 is 11.9 Å². The standard InChI is InChI=1S/C15H21NO3/c1-11-9-13(7-8-19-11)16-10-14(15(17)18)12-5-3-2-4-6-12/h2-6,11,13-14,16H,7-10H2,1H3,(H,17,18). The van der Waals surface area contributed by atoms with Crippen molar-refractivity contribution in [2.24, 2.45) is 0 Å². The van der Waals surface area contributed by atoms with E-state index in [1.54, 1.807) is 0 Å². The largest absolute Gasteiger partial charge is 0.481 e. The molecule has 1 aliphatic rings. The molecule has 1 aromatic carbocycles. The molecule has 4 heteroatoms. The monoisotopic (exact) mass is 263 g/mol. The molecule has 1 heterocycles. The number of hydrogen-bond donors (Lipinski definition) is 2. The Morgan fingerprint density at radius 2 is 2.21 bits per heavy atom. The smallest absolute Gasteiger partial charge is 0.312 e. The highest BCUT2D eigenvalue weighted by Gasteiger charge is 2.23. The Bertz CT molecular complexity index is 407. The number of carbonyl (C=O) groups is 1. The third-order valence-corrected chi connectivity index (χ3v) is 3.60. The van der Waals surface area contributed by atoms with E-state index in [1.165, 1.54) is 0 Å². The second-order valence-electron chi connectivity index (χ2n) is 5.11. The number of aliphatic carboxylic acids is 1. The molecule has 2 rings (SSSR count). The van der Waals surface area contributed by atoms with Gasteiger partial charge in [-0.1, -0.05) is 30.3 Å². The Morgan fingerprint density at radius 3 is 2.84 bits per heavy atom. The van der Waals surface area contributed by atoms with Gasteiger partial charge in [0.1, 0.15) is 0 Å². The molecule has 0 amide bonds. The van der Waals surface area contributed by atoms with Crippen molar-refractivity contribution in [3.05, 3.63) is 35.9 Å². The van der Waals surface area contributed by atoms with Gasteiger partial charge in [-0.2, -0.15) is 0 Å². The summed E-state index contributed by atoms with van der Waals surface area (Å²) in [5.41, 5.74) is 0.850. The van der Waals surface area contributed by atoms with E-state index >= 15 is 0 Å². The lowest BCUT2D eigenvalue weighted by Crippen LogP contribution is -2.40. The summed E-state index contributed by atoms with van der Waals surface area (Å²) in [6, 6.07) is 9.74. The van der Waals surface area contributed by atoms with Crippen molar-refractivity contribution >= 4 is 5.97 Å². The first kappa shape index (κ1) is 14.0. The van der Waals surface area contributed by atoms with Gasteiger partial charge in [-0.05, 0) is 25.3 Å². The van der Waals surface area contributed by atoms with Crippen LogP contribution >= 0.6 is 0 Å². The van der Waals surface area contributed by atoms with E-state index in [4.69, 9.17) is 4.74 Å². The number of hydrogen-bond acceptors (Lipinski definition) is 3. The summed E-state index contributed by atoms with van der Waals surface area (Å²) in [4.78, 5) is 11.4. The van der Waals surface area contributed by atoms with Gasteiger partial charge in [-0.15, -0.1) is 0 Å². The molecule has 1 fully saturated rings. The van der Waals surface area contributed by atoms with Crippen molar-refractivity contribution in [3.63, 3.8) is 0 Å². The number of carboxylic acid groups (broad SMARTS) is 1. The Kier molecular flexibility index (Phi) is 4.93. The molecule has 1 aliphatic heterocycles. The average Bonchev–Trinajstić information content (AvgIpc) is 2.40. The maximum absolute atomic E-state index is 11.4. The van der Waals surface area contributed by atoms with E-state index in [1.807, 2.05) is 30.3 Å². The van der Waals surface area contributed by atoms with Crippen LogP contribution in [0.5, 0.6) is 0 Å². The zero-order chi connectivity index (χ0) is 13.7. The molecule has 0 aliphatic carbocycles. The van der Waals surface area contributed by atoms with Crippen LogP contribution in [0.25, 0.3) is 0 Å². The molecule has 0 spiro atoms. The maximum atomic E-state index is 11.4. The third-order valence-electron chi connectivity index (χ3n) is 3.60. The summed E-state index contributed by atoms with van der Waals surface area (Å²) in [5.74, 6) is -1.27. The Hall–Kier alpha value is -1.39. The van der Waals surface area contributed by atoms with Crippen LogP contribution in [0.2, 0.25) is 0 Å². The van der Waals surface area contributed by atoms with E-state index in [9.17, 15) is 9.90 Å². The van der Waals surface area contributed by atoms with E-state index in [0.717, 1.165) is 25.0 Å². The van der Waals surface area contributed by atoms with Crippen LogP contribution in [0.3, 0.4) is 0 Å². The maximum Gasteiger partial charge on any atom is 0.312 e. The van der Waals surface area contributed by atoms with Crippen molar-refractivity contribution in [1.82, 2.24) is 5.32 Å². The molecule has 1 aromatic rings. The lowest BCUT2D eigenvalue weighted by Gasteiger charge is -2.29. The fraction of sp³-hybridized carbons (Fsp3) is 0.533. The van der Waals surface area contributed by atoms with E-state index in [-0.39, 0.29) is 6.10 Å². The van der Waals surface area contributed by atoms with Gasteiger partial charge < -0.3 is 15.2 Å². The zero-order valence-electron chi connectivity index (χ0n) is 11.2. The van der Waals surface area contributed by atoms with Crippen molar-refractivity contribution < 1.29 is 14.6 Å². The summed E-state index contributed by atoms with van der Waals surface area (Å²) in [6.45, 7) is 3.28. The Morgan fingerprint density at radius 1 is 1.47 bits per heavy atom. The van der Waals surface area contributed by atoms with Crippen LogP contribution in [0, 0.1) is 0 Å². The molecular formula is C15H21NO3. The summed E-state index contributed by atoms with van der Waals surface area (Å²) in [5, 5.41) is 12.7. The van der Waals surface area contributed by atoms with Crippen LogP contribution in [-0.4, -0.2) is 36.4 Å². The first-order valence-corrected chi connectivity index (χ1v) is 6.79. The molecule has 0 saturated carbocycles. The molecule has 0 bridgehead atoms. The second kappa shape index (κ2) is 6.68. The Labute approximate surface area is 113 Å². The van der Waals surface area contributed by atoms with Crippen molar-refractivity contribution in [2.75, 3.05) is 13.2 Å². The first-order valence-electron chi connectivity index (χ1n) is 6.79. The van der Waals surface area contributed by atoms with Crippen LogP contribution in [0.1, 0.15) is 31.2 Å². The molecule has 3 atom stereocenters. The summed E-state index contributed by atoms with van der Waals surface area (Å²) in [7, 11) is 0. The van der Waals surface area contributed by atoms with Gasteiger partial charge in [0.05, 0.1) is 12.0 Å². The van der Waals surface area contributed by atoms with Crippen molar-refractivity contribution in [1.29, 1.82) is 0 Å². The van der Waals surface area contributed by atoms with E-state index in [0.29, 0.717) is 12.6 Å². The fourth-order valence-corrected chi connectivity index (χ4v) is 2.50. The molecule has 0 radical (unpaired) electrons. The van der Waals surface area contributed by atoms with Crippen LogP contribution in [0.4, 0.5) is 0 Å². The minimum Gasteiger partial charge on any atom is -0.481 e. The van der Waals surface area contributed by atoms with Gasteiger partial charge in [0.15, 0.2) is 0 Å². The van der Waals surface area contributed by atoms with Gasteiger partial charge in [-0.25, -0.2) is 0 Å². The molecule has 104 valence electrons. The minimum atomic E-state index is -0.779. The van der Waals surface area contributed by atoms with Gasteiger partial charge in [-0.3, -0.25) is 4.79 Å². The predicted molar refractivity (Wildman–Crippen MR) is 73.3 cm³/mol. The zero-order valence-corrected chi connectivity index (χ0v) is 11.2. The fourth-order valence-electron chi connectivity index (χ4n) is 2.50. The number of benzene rings is 1. The van der Waals surface area contributed by atoms with Gasteiger partial charge >= 0.3 is 5.97 Å². The van der Waals surface area contributed by atoms with Gasteiger partial charge in [0, 0.05) is 19.2 Å². The topological polar surface area (TPSA) is 58.6 Å².